The fraction of sp³-hybridized carbons (Fsp3) is 0.308. The summed E-state index contributed by atoms with van der Waals surface area (Å²) in [4.78, 5) is 23.6. The van der Waals surface area contributed by atoms with Crippen LogP contribution >= 0.6 is 11.3 Å². The van der Waals surface area contributed by atoms with E-state index in [-0.39, 0.29) is 5.91 Å². The number of methoxy groups -OCH3 is 1. The van der Waals surface area contributed by atoms with Gasteiger partial charge in [-0.1, -0.05) is 6.08 Å². The summed E-state index contributed by atoms with van der Waals surface area (Å²) in [5.41, 5.74) is 6.96. The van der Waals surface area contributed by atoms with Crippen LogP contribution < -0.4 is 5.73 Å². The van der Waals surface area contributed by atoms with Gasteiger partial charge >= 0.3 is 0 Å². The molecule has 0 saturated carbocycles. The summed E-state index contributed by atoms with van der Waals surface area (Å²) in [6.45, 7) is 5.05. The van der Waals surface area contributed by atoms with E-state index in [1.165, 1.54) is 11.3 Å². The van der Waals surface area contributed by atoms with Crippen molar-refractivity contribution in [3.63, 3.8) is 0 Å². The van der Waals surface area contributed by atoms with Gasteiger partial charge in [0, 0.05) is 32.6 Å². The van der Waals surface area contributed by atoms with E-state index in [4.69, 9.17) is 10.5 Å². The summed E-state index contributed by atoms with van der Waals surface area (Å²) < 4.78 is 5.01. The first kappa shape index (κ1) is 14.4. The van der Waals surface area contributed by atoms with Gasteiger partial charge in [-0.2, -0.15) is 0 Å². The predicted molar refractivity (Wildman–Crippen MR) is 79.8 cm³/mol. The Hall–Kier alpha value is -1.99. The number of carbonyl (C=O) groups excluding carboxylic acids is 1. The molecule has 106 valence electrons. The van der Waals surface area contributed by atoms with Gasteiger partial charge in [0.25, 0.3) is 5.91 Å². The molecule has 0 spiro atoms. The molecule has 6 nitrogen and oxygen atoms in total. The molecule has 0 bridgehead atoms. The van der Waals surface area contributed by atoms with Crippen molar-refractivity contribution in [1.82, 2.24) is 14.9 Å². The van der Waals surface area contributed by atoms with Gasteiger partial charge in [-0.15, -0.1) is 17.9 Å². The van der Waals surface area contributed by atoms with Crippen LogP contribution in [0.25, 0.3) is 10.3 Å². The molecule has 20 heavy (non-hydrogen) atoms. The van der Waals surface area contributed by atoms with Crippen LogP contribution in [0.3, 0.4) is 0 Å². The summed E-state index contributed by atoms with van der Waals surface area (Å²) in [6.07, 6.45) is 4.82. The number of carbonyl (C=O) groups is 1. The number of aromatic nitrogens is 2. The van der Waals surface area contributed by atoms with Gasteiger partial charge in [-0.05, 0) is 0 Å². The Morgan fingerprint density at radius 3 is 2.95 bits per heavy atom. The lowest BCUT2D eigenvalue weighted by Gasteiger charge is -2.20. The molecule has 2 N–H and O–H groups in total. The summed E-state index contributed by atoms with van der Waals surface area (Å²) >= 11 is 1.25. The van der Waals surface area contributed by atoms with Crippen LogP contribution in [0, 0.1) is 0 Å². The fourth-order valence-electron chi connectivity index (χ4n) is 1.78. The highest BCUT2D eigenvalue weighted by atomic mass is 32.1. The van der Waals surface area contributed by atoms with Gasteiger partial charge in [0.15, 0.2) is 0 Å². The molecular weight excluding hydrogens is 276 g/mol. The van der Waals surface area contributed by atoms with Crippen LogP contribution in [0.1, 0.15) is 9.67 Å². The third-order valence-corrected chi connectivity index (χ3v) is 3.85. The quantitative estimate of drug-likeness (QED) is 0.817. The Balaban J connectivity index is 2.33. The van der Waals surface area contributed by atoms with E-state index in [2.05, 4.69) is 16.5 Å². The minimum Gasteiger partial charge on any atom is -0.396 e. The molecule has 0 aliphatic heterocycles. The zero-order valence-corrected chi connectivity index (χ0v) is 12.0. The third kappa shape index (κ3) is 2.78. The fourth-order valence-corrected chi connectivity index (χ4v) is 2.77. The predicted octanol–water partition coefficient (Wildman–Crippen LogP) is 1.55. The van der Waals surface area contributed by atoms with Crippen molar-refractivity contribution in [3.8, 4) is 0 Å². The largest absolute Gasteiger partial charge is 0.396 e. The standard InChI is InChI=1S/C13H16N4O2S/c1-3-6-17(7-8-19-2)13(18)11-9(14)10-12(20-11)16-5-4-15-10/h3-5H,1,6-8,14H2,2H3. The molecule has 2 aromatic rings. The molecule has 0 atom stereocenters. The van der Waals surface area contributed by atoms with E-state index in [1.54, 1.807) is 30.5 Å². The first-order chi connectivity index (χ1) is 9.69. The summed E-state index contributed by atoms with van der Waals surface area (Å²) in [5.74, 6) is -0.149. The van der Waals surface area contributed by atoms with Crippen molar-refractivity contribution in [2.75, 3.05) is 32.5 Å². The van der Waals surface area contributed by atoms with Gasteiger partial charge in [0.2, 0.25) is 0 Å². The van der Waals surface area contributed by atoms with Gasteiger partial charge in [-0.25, -0.2) is 9.97 Å². The second-order valence-electron chi connectivity index (χ2n) is 4.09. The highest BCUT2D eigenvalue weighted by Crippen LogP contribution is 2.31. The topological polar surface area (TPSA) is 81.3 Å². The molecule has 2 aromatic heterocycles. The van der Waals surface area contributed by atoms with E-state index in [1.807, 2.05) is 0 Å². The third-order valence-electron chi connectivity index (χ3n) is 2.76. The Morgan fingerprint density at radius 2 is 2.30 bits per heavy atom. The van der Waals surface area contributed by atoms with Crippen molar-refractivity contribution in [2.24, 2.45) is 0 Å². The van der Waals surface area contributed by atoms with E-state index >= 15 is 0 Å². The number of nitrogen functional groups attached to an aromatic ring is 1. The van der Waals surface area contributed by atoms with Crippen molar-refractivity contribution in [1.29, 1.82) is 0 Å². The molecule has 0 aliphatic carbocycles. The van der Waals surface area contributed by atoms with E-state index in [0.717, 1.165) is 0 Å². The van der Waals surface area contributed by atoms with E-state index < -0.39 is 0 Å². The van der Waals surface area contributed by atoms with Crippen molar-refractivity contribution in [2.45, 2.75) is 0 Å². The Morgan fingerprint density at radius 1 is 1.55 bits per heavy atom. The number of nitrogens with zero attached hydrogens (tertiary/aromatic N) is 3. The van der Waals surface area contributed by atoms with Gasteiger partial charge in [-0.3, -0.25) is 4.79 Å². The molecule has 0 unspecified atom stereocenters. The first-order valence-electron chi connectivity index (χ1n) is 6.07. The second kappa shape index (κ2) is 6.44. The van der Waals surface area contributed by atoms with Crippen LogP contribution in [0.15, 0.2) is 25.0 Å². The zero-order chi connectivity index (χ0) is 14.5. The van der Waals surface area contributed by atoms with Crippen molar-refractivity contribution < 1.29 is 9.53 Å². The molecule has 2 heterocycles. The van der Waals surface area contributed by atoms with Gasteiger partial charge < -0.3 is 15.4 Å². The number of anilines is 1. The lowest BCUT2D eigenvalue weighted by atomic mass is 10.3. The van der Waals surface area contributed by atoms with Gasteiger partial charge in [0.05, 0.1) is 12.3 Å². The Labute approximate surface area is 120 Å². The molecule has 1 amide bonds. The van der Waals surface area contributed by atoms with E-state index in [9.17, 15) is 4.79 Å². The number of fused-ring (bicyclic) bond motifs is 1. The minimum atomic E-state index is -0.149. The number of amides is 1. The number of hydrogen-bond donors (Lipinski definition) is 1. The number of ether oxygens (including phenoxy) is 1. The second-order valence-corrected chi connectivity index (χ2v) is 5.09. The summed E-state index contributed by atoms with van der Waals surface area (Å²) in [7, 11) is 1.60. The first-order valence-corrected chi connectivity index (χ1v) is 6.88. The highest BCUT2D eigenvalue weighted by molar-refractivity contribution is 7.21. The van der Waals surface area contributed by atoms with Crippen LogP contribution in [-0.4, -0.2) is 47.6 Å². The maximum atomic E-state index is 12.5. The normalized spacial score (nSPS) is 10.7. The van der Waals surface area contributed by atoms with Crippen molar-refractivity contribution >= 4 is 33.3 Å². The van der Waals surface area contributed by atoms with Crippen LogP contribution in [0.4, 0.5) is 5.69 Å². The lowest BCUT2D eigenvalue weighted by molar-refractivity contribution is 0.0724. The lowest BCUT2D eigenvalue weighted by Crippen LogP contribution is -2.33. The molecule has 0 radical (unpaired) electrons. The Kier molecular flexibility index (Phi) is 4.65. The molecule has 2 rings (SSSR count). The number of rotatable bonds is 6. The highest BCUT2D eigenvalue weighted by Gasteiger charge is 2.22. The summed E-state index contributed by atoms with van der Waals surface area (Å²) in [5, 5.41) is 0. The molecule has 0 fully saturated rings. The number of hydrogen-bond acceptors (Lipinski definition) is 6. The Bertz CT molecular complexity index is 626. The molecule has 0 saturated heterocycles. The number of nitrogens with two attached hydrogens (primary N) is 1. The monoisotopic (exact) mass is 292 g/mol. The zero-order valence-electron chi connectivity index (χ0n) is 11.2. The average molecular weight is 292 g/mol. The molecule has 0 aromatic carbocycles. The van der Waals surface area contributed by atoms with Crippen LogP contribution in [0.2, 0.25) is 0 Å². The smallest absolute Gasteiger partial charge is 0.266 e. The minimum absolute atomic E-state index is 0.149. The van der Waals surface area contributed by atoms with Crippen LogP contribution in [0.5, 0.6) is 0 Å². The molecular formula is C13H16N4O2S. The summed E-state index contributed by atoms with van der Waals surface area (Å²) in [6, 6.07) is 0. The maximum Gasteiger partial charge on any atom is 0.266 e. The van der Waals surface area contributed by atoms with Crippen molar-refractivity contribution in [3.05, 3.63) is 29.9 Å². The molecule has 7 heteroatoms. The van der Waals surface area contributed by atoms with E-state index in [0.29, 0.717) is 40.6 Å². The van der Waals surface area contributed by atoms with Gasteiger partial charge in [0.1, 0.15) is 15.2 Å². The average Bonchev–Trinajstić information content (AvgIpc) is 2.80. The van der Waals surface area contributed by atoms with Crippen LogP contribution in [-0.2, 0) is 4.74 Å². The number of thiophene rings is 1. The SMILES string of the molecule is C=CCN(CCOC)C(=O)c1sc2nccnc2c1N. The maximum absolute atomic E-state index is 12.5. The molecule has 0 aliphatic rings.